The zero-order valence-electron chi connectivity index (χ0n) is 11.2. The Morgan fingerprint density at radius 1 is 1.18 bits per heavy atom. The van der Waals surface area contributed by atoms with Crippen molar-refractivity contribution in [3.63, 3.8) is 0 Å². The predicted octanol–water partition coefficient (Wildman–Crippen LogP) is 3.12. The summed E-state index contributed by atoms with van der Waals surface area (Å²) in [5.74, 6) is 2.34. The largest absolute Gasteiger partial charge is 0.314 e. The molecule has 1 nitrogen and oxygen atoms in total. The highest BCUT2D eigenvalue weighted by Crippen LogP contribution is 2.32. The Bertz CT molecular complexity index is 380. The van der Waals surface area contributed by atoms with Crippen LogP contribution in [-0.2, 0) is 0 Å². The molecule has 0 unspecified atom stereocenters. The second-order valence-electron chi connectivity index (χ2n) is 5.57. The molecule has 17 heavy (non-hydrogen) atoms. The Labute approximate surface area is 105 Å². The number of benzene rings is 1. The van der Waals surface area contributed by atoms with Crippen molar-refractivity contribution in [1.82, 2.24) is 0 Å². The zero-order chi connectivity index (χ0) is 12.3. The average Bonchev–Trinajstić information content (AvgIpc) is 2.29. The van der Waals surface area contributed by atoms with E-state index in [9.17, 15) is 0 Å². The van der Waals surface area contributed by atoms with Crippen LogP contribution >= 0.6 is 0 Å². The second kappa shape index (κ2) is 5.50. The monoisotopic (exact) mass is 230 g/mol. The normalized spacial score (nSPS) is 28.9. The van der Waals surface area contributed by atoms with Gasteiger partial charge in [-0.1, -0.05) is 43.7 Å². The first-order valence-electron chi connectivity index (χ1n) is 6.72. The summed E-state index contributed by atoms with van der Waals surface area (Å²) in [4.78, 5) is 0. The standard InChI is InChI=1S/C16H23N/c1-12-9-13(2)16(14(3)10-12)11-17-15-7-5-4-6-8-15/h4-9,13-14,16-17H,10-11H2,1-3H3/p+1/t13-,14+,16+/m1/s1. The minimum Gasteiger partial charge on any atom is -0.314 e. The van der Waals surface area contributed by atoms with Gasteiger partial charge in [0.2, 0.25) is 0 Å². The molecule has 0 spiro atoms. The third kappa shape index (κ3) is 3.19. The summed E-state index contributed by atoms with van der Waals surface area (Å²) in [7, 11) is 0. The summed E-state index contributed by atoms with van der Waals surface area (Å²) in [5, 5.41) is 2.40. The van der Waals surface area contributed by atoms with Crippen molar-refractivity contribution in [2.75, 3.05) is 6.54 Å². The number of nitrogens with two attached hydrogens (primary N) is 1. The Balaban J connectivity index is 1.95. The summed E-state index contributed by atoms with van der Waals surface area (Å²) in [6, 6.07) is 10.7. The molecule has 92 valence electrons. The third-order valence-corrected chi connectivity index (χ3v) is 4.02. The minimum atomic E-state index is 0.721. The fourth-order valence-electron chi connectivity index (χ4n) is 3.13. The van der Waals surface area contributed by atoms with Crippen molar-refractivity contribution < 1.29 is 5.32 Å². The van der Waals surface area contributed by atoms with Crippen LogP contribution in [-0.4, -0.2) is 6.54 Å². The molecule has 3 atom stereocenters. The number of rotatable bonds is 3. The lowest BCUT2D eigenvalue weighted by atomic mass is 9.75. The molecule has 1 heteroatoms. The van der Waals surface area contributed by atoms with Gasteiger partial charge < -0.3 is 5.32 Å². The highest BCUT2D eigenvalue weighted by Gasteiger charge is 2.27. The van der Waals surface area contributed by atoms with E-state index >= 15 is 0 Å². The van der Waals surface area contributed by atoms with Crippen molar-refractivity contribution in [3.05, 3.63) is 42.0 Å². The fraction of sp³-hybridized carbons (Fsp3) is 0.500. The summed E-state index contributed by atoms with van der Waals surface area (Å²) >= 11 is 0. The maximum Gasteiger partial charge on any atom is 0.129 e. The average molecular weight is 230 g/mol. The molecule has 1 aliphatic rings. The van der Waals surface area contributed by atoms with E-state index in [1.807, 2.05) is 0 Å². The molecule has 2 rings (SSSR count). The first kappa shape index (κ1) is 12.4. The molecule has 0 amide bonds. The van der Waals surface area contributed by atoms with E-state index in [0.29, 0.717) is 0 Å². The van der Waals surface area contributed by atoms with Gasteiger partial charge in [-0.3, -0.25) is 0 Å². The topological polar surface area (TPSA) is 16.6 Å². The van der Waals surface area contributed by atoms with Crippen molar-refractivity contribution in [1.29, 1.82) is 0 Å². The lowest BCUT2D eigenvalue weighted by Crippen LogP contribution is -2.80. The number of allylic oxidation sites excluding steroid dienone is 2. The zero-order valence-corrected chi connectivity index (χ0v) is 11.2. The summed E-state index contributed by atoms with van der Waals surface area (Å²) < 4.78 is 0. The van der Waals surface area contributed by atoms with Crippen LogP contribution in [0, 0.1) is 17.8 Å². The Hall–Kier alpha value is -1.08. The first-order chi connectivity index (χ1) is 8.16. The lowest BCUT2D eigenvalue weighted by Gasteiger charge is -2.31. The van der Waals surface area contributed by atoms with Crippen molar-refractivity contribution in [2.24, 2.45) is 17.8 Å². The van der Waals surface area contributed by atoms with Crippen molar-refractivity contribution >= 4 is 5.69 Å². The van der Waals surface area contributed by atoms with Gasteiger partial charge in [0.05, 0.1) is 6.54 Å². The van der Waals surface area contributed by atoms with Gasteiger partial charge in [0, 0.05) is 5.92 Å². The fourth-order valence-corrected chi connectivity index (χ4v) is 3.13. The van der Waals surface area contributed by atoms with Gasteiger partial charge >= 0.3 is 0 Å². The lowest BCUT2D eigenvalue weighted by molar-refractivity contribution is -0.581. The molecule has 0 fully saturated rings. The van der Waals surface area contributed by atoms with Gasteiger partial charge in [0.1, 0.15) is 5.69 Å². The molecular weight excluding hydrogens is 206 g/mol. The van der Waals surface area contributed by atoms with E-state index in [2.05, 4.69) is 62.5 Å². The number of hydrogen-bond donors (Lipinski definition) is 1. The van der Waals surface area contributed by atoms with Crippen molar-refractivity contribution in [2.45, 2.75) is 27.2 Å². The van der Waals surface area contributed by atoms with Crippen LogP contribution in [0.5, 0.6) is 0 Å². The molecule has 2 N–H and O–H groups in total. The molecule has 0 saturated carbocycles. The van der Waals surface area contributed by atoms with Crippen molar-refractivity contribution in [3.8, 4) is 0 Å². The maximum atomic E-state index is 2.46. The molecule has 1 aromatic carbocycles. The van der Waals surface area contributed by atoms with Crippen LogP contribution in [0.1, 0.15) is 27.2 Å². The maximum absolute atomic E-state index is 2.46. The van der Waals surface area contributed by atoms with E-state index in [1.165, 1.54) is 18.7 Å². The molecule has 0 bridgehead atoms. The van der Waals surface area contributed by atoms with Crippen LogP contribution in [0.2, 0.25) is 0 Å². The molecule has 1 aliphatic carbocycles. The van der Waals surface area contributed by atoms with Gasteiger partial charge in [0.15, 0.2) is 0 Å². The molecule has 0 radical (unpaired) electrons. The quantitative estimate of drug-likeness (QED) is 0.607. The number of quaternary nitrogens is 1. The van der Waals surface area contributed by atoms with E-state index in [4.69, 9.17) is 0 Å². The van der Waals surface area contributed by atoms with Gasteiger partial charge in [-0.25, -0.2) is 0 Å². The number of hydrogen-bond acceptors (Lipinski definition) is 0. The van der Waals surface area contributed by atoms with E-state index in [0.717, 1.165) is 17.8 Å². The van der Waals surface area contributed by atoms with E-state index in [-0.39, 0.29) is 0 Å². The smallest absolute Gasteiger partial charge is 0.129 e. The summed E-state index contributed by atoms with van der Waals surface area (Å²) in [5.41, 5.74) is 2.93. The molecule has 0 heterocycles. The van der Waals surface area contributed by atoms with E-state index in [1.54, 1.807) is 5.57 Å². The Morgan fingerprint density at radius 2 is 1.88 bits per heavy atom. The first-order valence-corrected chi connectivity index (χ1v) is 6.72. The van der Waals surface area contributed by atoms with Gasteiger partial charge in [0.25, 0.3) is 0 Å². The number of para-hydroxylation sites is 1. The van der Waals surface area contributed by atoms with Gasteiger partial charge in [-0.2, -0.15) is 0 Å². The Kier molecular flexibility index (Phi) is 4.01. The van der Waals surface area contributed by atoms with Crippen LogP contribution in [0.4, 0.5) is 5.69 Å². The third-order valence-electron chi connectivity index (χ3n) is 4.02. The van der Waals surface area contributed by atoms with E-state index < -0.39 is 0 Å². The predicted molar refractivity (Wildman–Crippen MR) is 73.1 cm³/mol. The highest BCUT2D eigenvalue weighted by atomic mass is 14.9. The SMILES string of the molecule is CC1=C[C@@H](C)[C@H](C[NH2+]c2ccccc2)[C@@H](C)C1. The molecular formula is C16H24N+. The molecule has 0 aliphatic heterocycles. The van der Waals surface area contributed by atoms with Crippen LogP contribution in [0.3, 0.4) is 0 Å². The van der Waals surface area contributed by atoms with Gasteiger partial charge in [-0.05, 0) is 37.3 Å². The molecule has 1 aromatic rings. The van der Waals surface area contributed by atoms with Crippen LogP contribution in [0.15, 0.2) is 42.0 Å². The summed E-state index contributed by atoms with van der Waals surface area (Å²) in [6.07, 6.45) is 3.74. The van der Waals surface area contributed by atoms with Crippen LogP contribution in [0.25, 0.3) is 0 Å². The highest BCUT2D eigenvalue weighted by molar-refractivity contribution is 5.26. The summed E-state index contributed by atoms with van der Waals surface area (Å²) in [6.45, 7) is 8.24. The second-order valence-corrected chi connectivity index (χ2v) is 5.57. The minimum absolute atomic E-state index is 0.721. The molecule has 0 aromatic heterocycles. The molecule has 0 saturated heterocycles. The van der Waals surface area contributed by atoms with Crippen LogP contribution < -0.4 is 5.32 Å². The van der Waals surface area contributed by atoms with Gasteiger partial charge in [-0.15, -0.1) is 0 Å². The Morgan fingerprint density at radius 3 is 2.53 bits per heavy atom.